The number of halogens is 3. The van der Waals surface area contributed by atoms with E-state index < -0.39 is 0 Å². The lowest BCUT2D eigenvalue weighted by molar-refractivity contribution is 0.242. The van der Waals surface area contributed by atoms with Crippen LogP contribution in [0.25, 0.3) is 0 Å². The third kappa shape index (κ3) is 4.44. The van der Waals surface area contributed by atoms with Crippen LogP contribution in [-0.4, -0.2) is 18.5 Å². The molecule has 2 nitrogen and oxygen atoms in total. The van der Waals surface area contributed by atoms with Gasteiger partial charge in [0.25, 0.3) is 0 Å². The molecule has 2 rings (SSSR count). The van der Waals surface area contributed by atoms with Crippen molar-refractivity contribution >= 4 is 39.1 Å². The van der Waals surface area contributed by atoms with Gasteiger partial charge in [-0.25, -0.2) is 0 Å². The number of rotatable bonds is 5. The summed E-state index contributed by atoms with van der Waals surface area (Å²) in [6, 6.07) is 13.9. The van der Waals surface area contributed by atoms with Crippen LogP contribution in [0.15, 0.2) is 46.9 Å². The summed E-state index contributed by atoms with van der Waals surface area (Å²) in [4.78, 5) is 2.21. The smallest absolute Gasteiger partial charge is 0.0548 e. The largest absolute Gasteiger partial charge is 0.329 e. The van der Waals surface area contributed by atoms with Crippen molar-refractivity contribution in [2.45, 2.75) is 12.6 Å². The maximum Gasteiger partial charge on any atom is 0.0548 e. The SMILES string of the molecule is CN(Cc1cccc(Cl)c1)C(CN)c1ccc(Cl)c(Br)c1. The van der Waals surface area contributed by atoms with E-state index >= 15 is 0 Å². The van der Waals surface area contributed by atoms with Crippen LogP contribution < -0.4 is 5.73 Å². The fraction of sp³-hybridized carbons (Fsp3) is 0.250. The zero-order valence-corrected chi connectivity index (χ0v) is 14.8. The van der Waals surface area contributed by atoms with Crippen molar-refractivity contribution < 1.29 is 0 Å². The van der Waals surface area contributed by atoms with E-state index in [2.05, 4.69) is 33.9 Å². The molecule has 0 saturated heterocycles. The maximum absolute atomic E-state index is 6.05. The predicted octanol–water partition coefficient (Wildman–Crippen LogP) is 4.89. The molecular weight excluding hydrogens is 371 g/mol. The highest BCUT2D eigenvalue weighted by atomic mass is 79.9. The van der Waals surface area contributed by atoms with Gasteiger partial charge in [0.05, 0.1) is 5.02 Å². The Hall–Kier alpha value is -0.580. The van der Waals surface area contributed by atoms with Crippen LogP contribution in [0.1, 0.15) is 17.2 Å². The molecule has 0 saturated carbocycles. The van der Waals surface area contributed by atoms with Gasteiger partial charge >= 0.3 is 0 Å². The Bertz CT molecular complexity index is 619. The Kier molecular flexibility index (Phi) is 6.08. The quantitative estimate of drug-likeness (QED) is 0.791. The first-order chi connectivity index (χ1) is 10.0. The average Bonchev–Trinajstić information content (AvgIpc) is 2.43. The van der Waals surface area contributed by atoms with Crippen LogP contribution in [-0.2, 0) is 6.54 Å². The second kappa shape index (κ2) is 7.61. The van der Waals surface area contributed by atoms with E-state index in [4.69, 9.17) is 28.9 Å². The van der Waals surface area contributed by atoms with Gasteiger partial charge in [-0.05, 0) is 58.4 Å². The standard InChI is InChI=1S/C16H17BrCl2N2/c1-21(10-11-3-2-4-13(18)7-11)16(9-20)12-5-6-15(19)14(17)8-12/h2-8,16H,9-10,20H2,1H3. The number of nitrogens with two attached hydrogens (primary N) is 1. The number of hydrogen-bond donors (Lipinski definition) is 1. The van der Waals surface area contributed by atoms with Crippen LogP contribution in [0.3, 0.4) is 0 Å². The minimum Gasteiger partial charge on any atom is -0.329 e. The van der Waals surface area contributed by atoms with E-state index in [1.54, 1.807) is 0 Å². The van der Waals surface area contributed by atoms with Gasteiger partial charge in [-0.2, -0.15) is 0 Å². The second-order valence-electron chi connectivity index (χ2n) is 4.97. The van der Waals surface area contributed by atoms with Crippen molar-refractivity contribution in [2.24, 2.45) is 5.73 Å². The predicted molar refractivity (Wildman–Crippen MR) is 93.9 cm³/mol. The molecule has 2 N–H and O–H groups in total. The van der Waals surface area contributed by atoms with Crippen molar-refractivity contribution in [3.05, 3.63) is 68.1 Å². The second-order valence-corrected chi connectivity index (χ2v) is 6.67. The molecule has 0 spiro atoms. The average molecular weight is 388 g/mol. The highest BCUT2D eigenvalue weighted by Gasteiger charge is 2.16. The van der Waals surface area contributed by atoms with Gasteiger partial charge in [0.15, 0.2) is 0 Å². The van der Waals surface area contributed by atoms with Gasteiger partial charge in [0, 0.05) is 28.6 Å². The number of likely N-dealkylation sites (N-methyl/N-ethyl adjacent to an activating group) is 1. The number of nitrogens with zero attached hydrogens (tertiary/aromatic N) is 1. The zero-order chi connectivity index (χ0) is 15.4. The highest BCUT2D eigenvalue weighted by molar-refractivity contribution is 9.10. The lowest BCUT2D eigenvalue weighted by atomic mass is 10.0. The van der Waals surface area contributed by atoms with Gasteiger partial charge in [-0.3, -0.25) is 4.90 Å². The van der Waals surface area contributed by atoms with Crippen LogP contribution in [0, 0.1) is 0 Å². The Labute approximate surface area is 144 Å². The normalized spacial score (nSPS) is 12.7. The summed E-state index contributed by atoms with van der Waals surface area (Å²) < 4.78 is 0.885. The molecule has 2 aromatic carbocycles. The highest BCUT2D eigenvalue weighted by Crippen LogP contribution is 2.28. The van der Waals surface area contributed by atoms with Gasteiger partial charge in [0.1, 0.15) is 0 Å². The third-order valence-electron chi connectivity index (χ3n) is 3.40. The summed E-state index contributed by atoms with van der Waals surface area (Å²) in [6.07, 6.45) is 0. The van der Waals surface area contributed by atoms with Crippen LogP contribution in [0.2, 0.25) is 10.0 Å². The first kappa shape index (κ1) is 16.8. The van der Waals surface area contributed by atoms with E-state index in [1.807, 2.05) is 36.4 Å². The zero-order valence-electron chi connectivity index (χ0n) is 11.7. The van der Waals surface area contributed by atoms with Crippen molar-refractivity contribution in [3.63, 3.8) is 0 Å². The van der Waals surface area contributed by atoms with Crippen LogP contribution in [0.5, 0.6) is 0 Å². The van der Waals surface area contributed by atoms with Crippen LogP contribution in [0.4, 0.5) is 0 Å². The molecule has 1 unspecified atom stereocenters. The van der Waals surface area contributed by atoms with E-state index in [9.17, 15) is 0 Å². The molecule has 2 aromatic rings. The molecule has 21 heavy (non-hydrogen) atoms. The molecule has 1 atom stereocenters. The molecule has 0 aliphatic rings. The summed E-state index contributed by atoms with van der Waals surface area (Å²) >= 11 is 15.5. The molecule has 0 heterocycles. The van der Waals surface area contributed by atoms with Crippen molar-refractivity contribution in [1.29, 1.82) is 0 Å². The molecule has 0 fully saturated rings. The van der Waals surface area contributed by atoms with E-state index in [1.165, 1.54) is 0 Å². The minimum absolute atomic E-state index is 0.123. The fourth-order valence-electron chi connectivity index (χ4n) is 2.32. The summed E-state index contributed by atoms with van der Waals surface area (Å²) in [6.45, 7) is 1.31. The Balaban J connectivity index is 2.18. The van der Waals surface area contributed by atoms with Crippen LogP contribution >= 0.6 is 39.1 Å². The third-order valence-corrected chi connectivity index (χ3v) is 4.85. The summed E-state index contributed by atoms with van der Waals surface area (Å²) in [5.41, 5.74) is 8.26. The monoisotopic (exact) mass is 386 g/mol. The topological polar surface area (TPSA) is 29.3 Å². The summed E-state index contributed by atoms with van der Waals surface area (Å²) in [7, 11) is 2.06. The Morgan fingerprint density at radius 1 is 1.19 bits per heavy atom. The Morgan fingerprint density at radius 2 is 1.95 bits per heavy atom. The molecule has 0 radical (unpaired) electrons. The lowest BCUT2D eigenvalue weighted by Crippen LogP contribution is -2.30. The van der Waals surface area contributed by atoms with Gasteiger partial charge in [0.2, 0.25) is 0 Å². The molecule has 112 valence electrons. The lowest BCUT2D eigenvalue weighted by Gasteiger charge is -2.27. The molecule has 5 heteroatoms. The molecule has 0 aliphatic carbocycles. The molecular formula is C16H17BrCl2N2. The van der Waals surface area contributed by atoms with Gasteiger partial charge < -0.3 is 5.73 Å². The van der Waals surface area contributed by atoms with E-state index in [0.29, 0.717) is 11.6 Å². The molecule has 0 bridgehead atoms. The summed E-state index contributed by atoms with van der Waals surface area (Å²) in [5.74, 6) is 0. The molecule has 0 aromatic heterocycles. The minimum atomic E-state index is 0.123. The van der Waals surface area contributed by atoms with Gasteiger partial charge in [-0.15, -0.1) is 0 Å². The first-order valence-corrected chi connectivity index (χ1v) is 8.16. The fourth-order valence-corrected chi connectivity index (χ4v) is 3.05. The Morgan fingerprint density at radius 3 is 2.57 bits per heavy atom. The van der Waals surface area contributed by atoms with Crippen molar-refractivity contribution in [3.8, 4) is 0 Å². The number of hydrogen-bond acceptors (Lipinski definition) is 2. The molecule has 0 amide bonds. The van der Waals surface area contributed by atoms with E-state index in [-0.39, 0.29) is 6.04 Å². The van der Waals surface area contributed by atoms with Crippen molar-refractivity contribution in [2.75, 3.05) is 13.6 Å². The number of benzene rings is 2. The first-order valence-electron chi connectivity index (χ1n) is 6.61. The molecule has 0 aliphatic heterocycles. The summed E-state index contributed by atoms with van der Waals surface area (Å²) in [5, 5.41) is 1.45. The van der Waals surface area contributed by atoms with E-state index in [0.717, 1.165) is 27.2 Å². The van der Waals surface area contributed by atoms with Crippen molar-refractivity contribution in [1.82, 2.24) is 4.90 Å². The maximum atomic E-state index is 6.05. The van der Waals surface area contributed by atoms with Gasteiger partial charge in [-0.1, -0.05) is 41.4 Å².